The van der Waals surface area contributed by atoms with Gasteiger partial charge >= 0.3 is 0 Å². The van der Waals surface area contributed by atoms with Crippen molar-refractivity contribution < 1.29 is 19.1 Å². The van der Waals surface area contributed by atoms with Crippen molar-refractivity contribution in [3.8, 4) is 11.5 Å². The number of rotatable bonds is 17. The first-order valence-corrected chi connectivity index (χ1v) is 15.5. The van der Waals surface area contributed by atoms with Gasteiger partial charge in [0.15, 0.2) is 0 Å². The molecule has 12 heteroatoms. The molecule has 4 aromatic rings. The summed E-state index contributed by atoms with van der Waals surface area (Å²) in [7, 11) is 3.29. The average molecular weight is 652 g/mol. The summed E-state index contributed by atoms with van der Waals surface area (Å²) in [5.41, 5.74) is 9.60. The van der Waals surface area contributed by atoms with Crippen LogP contribution < -0.4 is 36.5 Å². The topological polar surface area (TPSA) is 153 Å². The quantitative estimate of drug-likeness (QED) is 0.0989. The van der Waals surface area contributed by atoms with Gasteiger partial charge in [0.25, 0.3) is 0 Å². The Labute approximate surface area is 276 Å². The van der Waals surface area contributed by atoms with Crippen LogP contribution in [0, 0.1) is 0 Å². The first-order chi connectivity index (χ1) is 21.8. The number of ether oxygens (including phenoxy) is 2. The molecular formula is C34H46ClN7O4. The molecule has 0 aliphatic heterocycles. The van der Waals surface area contributed by atoms with E-state index in [1.54, 1.807) is 26.6 Å². The van der Waals surface area contributed by atoms with Crippen molar-refractivity contribution in [2.24, 2.45) is 5.73 Å². The van der Waals surface area contributed by atoms with Crippen molar-refractivity contribution in [3.63, 3.8) is 0 Å². The third-order valence-corrected chi connectivity index (χ3v) is 7.62. The van der Waals surface area contributed by atoms with E-state index in [1.807, 2.05) is 48.5 Å². The minimum Gasteiger partial charge on any atom is -0.497 e. The molecule has 0 saturated carbocycles. The standard InChI is InChI=1S/C34H45N7O4.ClH/c1-22(40-29-19-26(44-3)17-24-11-7-14-37-32(24)29)9-5-13-36-31(42)21-28(35)34(43)39-16-6-10-23(2)41-30-20-27(45-4)18-25-12-8-15-38-33(25)30;/h7-8,11-12,14-15,17-20,22-23,28,40-41H,5-6,9-10,13,16,21,35H2,1-4H3,(H,36,42)(H,39,43);1H/t22?,23?,28-;/m0./s1. The van der Waals surface area contributed by atoms with Crippen LogP contribution in [0.2, 0.25) is 0 Å². The highest BCUT2D eigenvalue weighted by Gasteiger charge is 2.17. The van der Waals surface area contributed by atoms with E-state index in [0.29, 0.717) is 13.1 Å². The lowest BCUT2D eigenvalue weighted by molar-refractivity contribution is -0.127. The van der Waals surface area contributed by atoms with E-state index < -0.39 is 6.04 Å². The van der Waals surface area contributed by atoms with E-state index in [0.717, 1.165) is 70.4 Å². The predicted molar refractivity (Wildman–Crippen MR) is 187 cm³/mol. The van der Waals surface area contributed by atoms with Gasteiger partial charge in [0, 0.05) is 60.5 Å². The molecule has 0 radical (unpaired) electrons. The number of methoxy groups -OCH3 is 2. The molecule has 2 unspecified atom stereocenters. The van der Waals surface area contributed by atoms with Crippen LogP contribution in [0.5, 0.6) is 11.5 Å². The Hall–Kier alpha value is -4.35. The smallest absolute Gasteiger partial charge is 0.237 e. The van der Waals surface area contributed by atoms with Gasteiger partial charge in [0.1, 0.15) is 11.5 Å². The molecule has 2 aromatic heterocycles. The molecule has 0 aliphatic carbocycles. The molecule has 0 saturated heterocycles. The molecule has 248 valence electrons. The summed E-state index contributed by atoms with van der Waals surface area (Å²) in [4.78, 5) is 33.9. The molecule has 3 atom stereocenters. The maximum atomic E-state index is 12.5. The van der Waals surface area contributed by atoms with Crippen LogP contribution in [0.15, 0.2) is 60.9 Å². The van der Waals surface area contributed by atoms with Gasteiger partial charge in [0.05, 0.1) is 49.1 Å². The molecule has 11 nitrogen and oxygen atoms in total. The van der Waals surface area contributed by atoms with E-state index in [-0.39, 0.29) is 42.7 Å². The SMILES string of the molecule is COc1cc(NC(C)CCCNC(=O)C[C@H](N)C(=O)NCCCC(C)Nc2cc(OC)cc3cccnc23)c2ncccc2c1.Cl. The Morgan fingerprint density at radius 3 is 1.74 bits per heavy atom. The number of carbonyl (C=O) groups excluding carboxylic acids is 2. The average Bonchev–Trinajstić information content (AvgIpc) is 3.04. The van der Waals surface area contributed by atoms with E-state index in [4.69, 9.17) is 15.2 Å². The van der Waals surface area contributed by atoms with E-state index >= 15 is 0 Å². The third kappa shape index (κ3) is 10.3. The summed E-state index contributed by atoms with van der Waals surface area (Å²) >= 11 is 0. The Kier molecular flexibility index (Phi) is 14.1. The number of carbonyl (C=O) groups is 2. The molecule has 2 amide bonds. The molecule has 6 N–H and O–H groups in total. The van der Waals surface area contributed by atoms with E-state index in [9.17, 15) is 9.59 Å². The zero-order chi connectivity index (χ0) is 32.2. The number of nitrogens with two attached hydrogens (primary N) is 1. The van der Waals surface area contributed by atoms with Gasteiger partial charge in [-0.1, -0.05) is 12.1 Å². The van der Waals surface area contributed by atoms with Crippen LogP contribution in [0.1, 0.15) is 46.0 Å². The number of nitrogens with one attached hydrogen (secondary N) is 4. The number of pyridine rings is 2. The Morgan fingerprint density at radius 2 is 1.26 bits per heavy atom. The minimum atomic E-state index is -0.899. The molecule has 0 bridgehead atoms. The second-order valence-corrected chi connectivity index (χ2v) is 11.3. The number of anilines is 2. The van der Waals surface area contributed by atoms with E-state index in [2.05, 4.69) is 45.1 Å². The van der Waals surface area contributed by atoms with Crippen molar-refractivity contribution >= 4 is 57.4 Å². The molecule has 4 rings (SSSR count). The third-order valence-electron chi connectivity index (χ3n) is 7.62. The fraction of sp³-hybridized carbons (Fsp3) is 0.412. The predicted octanol–water partition coefficient (Wildman–Crippen LogP) is 5.03. The van der Waals surface area contributed by atoms with Crippen LogP contribution >= 0.6 is 12.4 Å². The van der Waals surface area contributed by atoms with Crippen LogP contribution in [-0.4, -0.2) is 67.2 Å². The lowest BCUT2D eigenvalue weighted by Gasteiger charge is -2.18. The maximum Gasteiger partial charge on any atom is 0.237 e. The van der Waals surface area contributed by atoms with Crippen molar-refractivity contribution in [2.75, 3.05) is 37.9 Å². The van der Waals surface area contributed by atoms with Gasteiger partial charge in [-0.3, -0.25) is 19.6 Å². The van der Waals surface area contributed by atoms with Crippen LogP contribution in [-0.2, 0) is 9.59 Å². The number of nitrogens with zero attached hydrogens (tertiary/aromatic N) is 2. The van der Waals surface area contributed by atoms with Gasteiger partial charge in [-0.15, -0.1) is 12.4 Å². The van der Waals surface area contributed by atoms with Crippen molar-refractivity contribution in [1.82, 2.24) is 20.6 Å². The van der Waals surface area contributed by atoms with Crippen molar-refractivity contribution in [1.29, 1.82) is 0 Å². The summed E-state index contributed by atoms with van der Waals surface area (Å²) in [5, 5.41) is 14.8. The van der Waals surface area contributed by atoms with Gasteiger partial charge in [-0.25, -0.2) is 0 Å². The van der Waals surface area contributed by atoms with Gasteiger partial charge in [0.2, 0.25) is 11.8 Å². The molecule has 2 heterocycles. The first kappa shape index (κ1) is 36.1. The van der Waals surface area contributed by atoms with Gasteiger partial charge < -0.3 is 36.5 Å². The highest BCUT2D eigenvalue weighted by molar-refractivity contribution is 5.93. The minimum absolute atomic E-state index is 0. The first-order valence-electron chi connectivity index (χ1n) is 15.5. The molecular weight excluding hydrogens is 606 g/mol. The fourth-order valence-electron chi connectivity index (χ4n) is 5.21. The lowest BCUT2D eigenvalue weighted by Crippen LogP contribution is -2.44. The number of hydrogen-bond donors (Lipinski definition) is 5. The molecule has 0 spiro atoms. The molecule has 2 aromatic carbocycles. The zero-order valence-corrected chi connectivity index (χ0v) is 27.8. The van der Waals surface area contributed by atoms with Crippen LogP contribution in [0.4, 0.5) is 11.4 Å². The number of fused-ring (bicyclic) bond motifs is 2. The van der Waals surface area contributed by atoms with Gasteiger partial charge in [-0.2, -0.15) is 0 Å². The summed E-state index contributed by atoms with van der Waals surface area (Å²) < 4.78 is 10.9. The number of halogens is 1. The Balaban J connectivity index is 0.00000576. The largest absolute Gasteiger partial charge is 0.497 e. The molecule has 46 heavy (non-hydrogen) atoms. The number of aromatic nitrogens is 2. The van der Waals surface area contributed by atoms with Crippen LogP contribution in [0.3, 0.4) is 0 Å². The van der Waals surface area contributed by atoms with E-state index in [1.165, 1.54) is 0 Å². The molecule has 0 aliphatic rings. The highest BCUT2D eigenvalue weighted by atomic mass is 35.5. The molecule has 0 fully saturated rings. The monoisotopic (exact) mass is 651 g/mol. The number of hydrogen-bond acceptors (Lipinski definition) is 9. The number of amides is 2. The maximum absolute atomic E-state index is 12.5. The normalized spacial score (nSPS) is 12.8. The second-order valence-electron chi connectivity index (χ2n) is 11.3. The number of benzene rings is 2. The summed E-state index contributed by atoms with van der Waals surface area (Å²) in [6.07, 6.45) is 6.65. The summed E-state index contributed by atoms with van der Waals surface area (Å²) in [5.74, 6) is 0.961. The van der Waals surface area contributed by atoms with Crippen molar-refractivity contribution in [3.05, 3.63) is 60.9 Å². The highest BCUT2D eigenvalue weighted by Crippen LogP contribution is 2.29. The van der Waals surface area contributed by atoms with Crippen molar-refractivity contribution in [2.45, 2.75) is 64.1 Å². The lowest BCUT2D eigenvalue weighted by atomic mass is 10.1. The zero-order valence-electron chi connectivity index (χ0n) is 27.0. The summed E-state index contributed by atoms with van der Waals surface area (Å²) in [6.45, 7) is 5.14. The van der Waals surface area contributed by atoms with Gasteiger partial charge in [-0.05, 0) is 63.8 Å². The Morgan fingerprint density at radius 1 is 0.783 bits per heavy atom. The Bertz CT molecular complexity index is 1590. The van der Waals surface area contributed by atoms with Crippen LogP contribution in [0.25, 0.3) is 21.8 Å². The fourth-order valence-corrected chi connectivity index (χ4v) is 5.21. The second kappa shape index (κ2) is 18.0. The summed E-state index contributed by atoms with van der Waals surface area (Å²) in [6, 6.07) is 15.0.